The van der Waals surface area contributed by atoms with Crippen molar-refractivity contribution in [3.05, 3.63) is 58.1 Å². The van der Waals surface area contributed by atoms with Crippen molar-refractivity contribution in [1.82, 2.24) is 4.98 Å². The molecule has 0 saturated carbocycles. The molecule has 2 nitrogen and oxygen atoms in total. The Balaban J connectivity index is 2.20. The van der Waals surface area contributed by atoms with Crippen LogP contribution in [-0.2, 0) is 0 Å². The molecular formula is C13H11Cl2FN2. The van der Waals surface area contributed by atoms with Crippen molar-refractivity contribution in [2.24, 2.45) is 0 Å². The average Bonchev–Trinajstić information content (AvgIpc) is 2.37. The molecule has 2 rings (SSSR count). The Kier molecular flexibility index (Phi) is 4.04. The summed E-state index contributed by atoms with van der Waals surface area (Å²) < 4.78 is 13.3. The predicted octanol–water partition coefficient (Wildman–Crippen LogP) is 4.70. The normalized spacial score (nSPS) is 12.2. The molecule has 1 aromatic heterocycles. The number of hydrogen-bond acceptors (Lipinski definition) is 2. The first kappa shape index (κ1) is 13.1. The molecule has 2 aromatic rings. The Morgan fingerprint density at radius 1 is 1.28 bits per heavy atom. The lowest BCUT2D eigenvalue weighted by Gasteiger charge is -2.16. The van der Waals surface area contributed by atoms with Crippen LogP contribution in [0.1, 0.15) is 18.5 Å². The van der Waals surface area contributed by atoms with Gasteiger partial charge in [0, 0.05) is 18.1 Å². The molecule has 1 aromatic carbocycles. The average molecular weight is 285 g/mol. The van der Waals surface area contributed by atoms with Gasteiger partial charge in [-0.2, -0.15) is 0 Å². The van der Waals surface area contributed by atoms with Gasteiger partial charge in [0.15, 0.2) is 5.82 Å². The number of nitrogens with one attached hydrogen (secondary N) is 1. The molecule has 5 heteroatoms. The Labute approximate surface area is 115 Å². The fourth-order valence-corrected chi connectivity index (χ4v) is 2.09. The first-order chi connectivity index (χ1) is 8.58. The van der Waals surface area contributed by atoms with E-state index in [4.69, 9.17) is 23.2 Å². The lowest BCUT2D eigenvalue weighted by molar-refractivity contribution is 0.628. The Morgan fingerprint density at radius 2 is 1.94 bits per heavy atom. The van der Waals surface area contributed by atoms with E-state index in [-0.39, 0.29) is 16.1 Å². The van der Waals surface area contributed by atoms with Crippen LogP contribution in [0, 0.1) is 5.82 Å². The van der Waals surface area contributed by atoms with Gasteiger partial charge in [-0.05, 0) is 30.7 Å². The summed E-state index contributed by atoms with van der Waals surface area (Å²) in [6, 6.07) is 6.86. The molecule has 1 heterocycles. The van der Waals surface area contributed by atoms with Gasteiger partial charge in [0.25, 0.3) is 0 Å². The van der Waals surface area contributed by atoms with E-state index in [0.29, 0.717) is 5.69 Å². The van der Waals surface area contributed by atoms with Gasteiger partial charge in [0.05, 0.1) is 16.1 Å². The van der Waals surface area contributed by atoms with Crippen molar-refractivity contribution < 1.29 is 4.39 Å². The molecule has 18 heavy (non-hydrogen) atoms. The van der Waals surface area contributed by atoms with Crippen molar-refractivity contribution in [2.45, 2.75) is 13.0 Å². The minimum absolute atomic E-state index is 0.00314. The maximum absolute atomic E-state index is 13.3. The quantitative estimate of drug-likeness (QED) is 0.827. The second kappa shape index (κ2) is 5.55. The zero-order chi connectivity index (χ0) is 13.1. The van der Waals surface area contributed by atoms with Gasteiger partial charge < -0.3 is 5.32 Å². The molecule has 94 valence electrons. The fraction of sp³-hybridized carbons (Fsp3) is 0.154. The molecule has 0 radical (unpaired) electrons. The number of halogens is 3. The van der Waals surface area contributed by atoms with Gasteiger partial charge >= 0.3 is 0 Å². The highest BCUT2D eigenvalue weighted by atomic mass is 35.5. The number of nitrogens with zero attached hydrogens (tertiary/aromatic N) is 1. The minimum Gasteiger partial charge on any atom is -0.378 e. The molecule has 0 aliphatic heterocycles. The summed E-state index contributed by atoms with van der Waals surface area (Å²) in [5.41, 5.74) is 1.69. The highest BCUT2D eigenvalue weighted by Gasteiger charge is 2.10. The van der Waals surface area contributed by atoms with E-state index in [0.717, 1.165) is 5.56 Å². The van der Waals surface area contributed by atoms with Crippen LogP contribution >= 0.6 is 23.2 Å². The molecule has 0 bridgehead atoms. The molecule has 0 amide bonds. The second-order valence-corrected chi connectivity index (χ2v) is 4.72. The van der Waals surface area contributed by atoms with Gasteiger partial charge in [0.1, 0.15) is 0 Å². The topological polar surface area (TPSA) is 24.9 Å². The molecule has 1 N–H and O–H groups in total. The van der Waals surface area contributed by atoms with Crippen molar-refractivity contribution in [1.29, 1.82) is 0 Å². The zero-order valence-corrected chi connectivity index (χ0v) is 11.1. The van der Waals surface area contributed by atoms with Crippen LogP contribution in [0.2, 0.25) is 10.0 Å². The maximum atomic E-state index is 13.3. The second-order valence-electron chi connectivity index (χ2n) is 3.91. The largest absolute Gasteiger partial charge is 0.378 e. The monoisotopic (exact) mass is 284 g/mol. The van der Waals surface area contributed by atoms with Crippen molar-refractivity contribution in [3.8, 4) is 0 Å². The van der Waals surface area contributed by atoms with Crippen LogP contribution in [-0.4, -0.2) is 4.98 Å². The molecule has 1 unspecified atom stereocenters. The fourth-order valence-electron chi connectivity index (χ4n) is 1.60. The summed E-state index contributed by atoms with van der Waals surface area (Å²) in [7, 11) is 0. The van der Waals surface area contributed by atoms with Gasteiger partial charge in [-0.1, -0.05) is 29.3 Å². The third kappa shape index (κ3) is 2.92. The van der Waals surface area contributed by atoms with Crippen LogP contribution in [0.3, 0.4) is 0 Å². The number of hydrogen-bond donors (Lipinski definition) is 1. The number of pyridine rings is 1. The SMILES string of the molecule is CC(Nc1cc(Cl)c(F)c(Cl)c1)c1cccnc1. The number of anilines is 1. The van der Waals surface area contributed by atoms with E-state index < -0.39 is 5.82 Å². The molecule has 0 spiro atoms. The number of benzene rings is 1. The summed E-state index contributed by atoms with van der Waals surface area (Å²) in [4.78, 5) is 4.04. The van der Waals surface area contributed by atoms with Gasteiger partial charge in [-0.15, -0.1) is 0 Å². The maximum Gasteiger partial charge on any atom is 0.160 e. The summed E-state index contributed by atoms with van der Waals surface area (Å²) in [5.74, 6) is -0.599. The minimum atomic E-state index is -0.599. The Morgan fingerprint density at radius 3 is 2.50 bits per heavy atom. The lowest BCUT2D eigenvalue weighted by Crippen LogP contribution is -2.07. The van der Waals surface area contributed by atoms with E-state index in [2.05, 4.69) is 10.3 Å². The lowest BCUT2D eigenvalue weighted by atomic mass is 10.1. The molecule has 1 atom stereocenters. The van der Waals surface area contributed by atoms with E-state index >= 15 is 0 Å². The van der Waals surface area contributed by atoms with E-state index in [1.807, 2.05) is 19.1 Å². The molecule has 0 saturated heterocycles. The Bertz CT molecular complexity index is 523. The standard InChI is InChI=1S/C13H11Cl2FN2/c1-8(9-3-2-4-17-7-9)18-10-5-11(14)13(16)12(15)6-10/h2-8,18H,1H3. The van der Waals surface area contributed by atoms with Crippen LogP contribution < -0.4 is 5.32 Å². The van der Waals surface area contributed by atoms with Gasteiger partial charge in [0.2, 0.25) is 0 Å². The molecule has 0 aliphatic rings. The highest BCUT2D eigenvalue weighted by molar-refractivity contribution is 6.35. The zero-order valence-electron chi connectivity index (χ0n) is 9.62. The predicted molar refractivity (Wildman–Crippen MR) is 72.7 cm³/mol. The summed E-state index contributed by atoms with van der Waals surface area (Å²) in [6.07, 6.45) is 3.48. The molecule has 0 aliphatic carbocycles. The first-order valence-electron chi connectivity index (χ1n) is 5.39. The third-order valence-electron chi connectivity index (χ3n) is 2.55. The van der Waals surface area contributed by atoms with Crippen molar-refractivity contribution in [2.75, 3.05) is 5.32 Å². The smallest absolute Gasteiger partial charge is 0.160 e. The summed E-state index contributed by atoms with van der Waals surface area (Å²) in [5, 5.41) is 3.20. The van der Waals surface area contributed by atoms with Crippen molar-refractivity contribution >= 4 is 28.9 Å². The number of aromatic nitrogens is 1. The van der Waals surface area contributed by atoms with E-state index in [1.165, 1.54) is 12.1 Å². The highest BCUT2D eigenvalue weighted by Crippen LogP contribution is 2.29. The van der Waals surface area contributed by atoms with E-state index in [9.17, 15) is 4.39 Å². The summed E-state index contributed by atoms with van der Waals surface area (Å²) in [6.45, 7) is 1.97. The first-order valence-corrected chi connectivity index (χ1v) is 6.14. The Hall–Kier alpha value is -1.32. The van der Waals surface area contributed by atoms with Crippen molar-refractivity contribution in [3.63, 3.8) is 0 Å². The van der Waals surface area contributed by atoms with Crippen LogP contribution in [0.15, 0.2) is 36.7 Å². The van der Waals surface area contributed by atoms with Gasteiger partial charge in [-0.3, -0.25) is 4.98 Å². The molecule has 0 fully saturated rings. The van der Waals surface area contributed by atoms with E-state index in [1.54, 1.807) is 12.4 Å². The summed E-state index contributed by atoms with van der Waals surface area (Å²) >= 11 is 11.5. The van der Waals surface area contributed by atoms with Crippen LogP contribution in [0.4, 0.5) is 10.1 Å². The van der Waals surface area contributed by atoms with Crippen LogP contribution in [0.5, 0.6) is 0 Å². The molecular weight excluding hydrogens is 274 g/mol. The third-order valence-corrected chi connectivity index (χ3v) is 3.10. The van der Waals surface area contributed by atoms with Crippen LogP contribution in [0.25, 0.3) is 0 Å². The number of rotatable bonds is 3. The van der Waals surface area contributed by atoms with Gasteiger partial charge in [-0.25, -0.2) is 4.39 Å².